The van der Waals surface area contributed by atoms with Crippen molar-refractivity contribution in [3.8, 4) is 11.1 Å². The predicted octanol–water partition coefficient (Wildman–Crippen LogP) is 2.71. The van der Waals surface area contributed by atoms with Gasteiger partial charge in [-0.1, -0.05) is 29.8 Å². The van der Waals surface area contributed by atoms with Gasteiger partial charge in [0.2, 0.25) is 5.91 Å². The summed E-state index contributed by atoms with van der Waals surface area (Å²) in [5, 5.41) is 0.459. The van der Waals surface area contributed by atoms with Crippen LogP contribution in [-0.4, -0.2) is 25.0 Å². The monoisotopic (exact) mass is 343 g/mol. The van der Waals surface area contributed by atoms with Crippen LogP contribution in [0.1, 0.15) is 22.8 Å². The van der Waals surface area contributed by atoms with E-state index in [1.807, 2.05) is 31.2 Å². The third kappa shape index (κ3) is 3.27. The van der Waals surface area contributed by atoms with Gasteiger partial charge in [0.15, 0.2) is 0 Å². The van der Waals surface area contributed by atoms with Gasteiger partial charge in [0.25, 0.3) is 0 Å². The Bertz CT molecular complexity index is 835. The fourth-order valence-corrected chi connectivity index (χ4v) is 3.05. The van der Waals surface area contributed by atoms with E-state index in [4.69, 9.17) is 27.8 Å². The maximum atomic E-state index is 11.5. The summed E-state index contributed by atoms with van der Waals surface area (Å²) in [6.45, 7) is 2.79. The average Bonchev–Trinajstić information content (AvgIpc) is 2.54. The van der Waals surface area contributed by atoms with Gasteiger partial charge in [0.05, 0.1) is 6.61 Å². The first kappa shape index (κ1) is 16.5. The van der Waals surface area contributed by atoms with Crippen LogP contribution < -0.4 is 11.5 Å². The van der Waals surface area contributed by atoms with Crippen molar-refractivity contribution < 1.29 is 9.53 Å². The molecule has 0 radical (unpaired) electrons. The summed E-state index contributed by atoms with van der Waals surface area (Å²) in [7, 11) is 0. The minimum absolute atomic E-state index is 0.353. The predicted molar refractivity (Wildman–Crippen MR) is 95.2 cm³/mol. The second-order valence-corrected chi connectivity index (χ2v) is 6.48. The number of benzene rings is 2. The fourth-order valence-electron chi connectivity index (χ4n) is 2.82. The Kier molecular flexibility index (Phi) is 4.30. The molecular weight excluding hydrogens is 326 g/mol. The maximum absolute atomic E-state index is 11.5. The molecule has 6 heteroatoms. The summed E-state index contributed by atoms with van der Waals surface area (Å²) in [4.78, 5) is 16.0. The van der Waals surface area contributed by atoms with Gasteiger partial charge in [-0.2, -0.15) is 0 Å². The first-order valence-electron chi connectivity index (χ1n) is 7.51. The van der Waals surface area contributed by atoms with E-state index in [0.29, 0.717) is 29.6 Å². The number of amidine groups is 1. The van der Waals surface area contributed by atoms with E-state index in [9.17, 15) is 4.79 Å². The second-order valence-electron chi connectivity index (χ2n) is 6.04. The van der Waals surface area contributed by atoms with E-state index >= 15 is 0 Å². The number of carbonyl (C=O) groups is 1. The van der Waals surface area contributed by atoms with Crippen molar-refractivity contribution in [1.82, 2.24) is 0 Å². The van der Waals surface area contributed by atoms with Crippen LogP contribution in [0.5, 0.6) is 0 Å². The molecule has 0 aliphatic carbocycles. The van der Waals surface area contributed by atoms with E-state index in [-0.39, 0.29) is 0 Å². The van der Waals surface area contributed by atoms with Gasteiger partial charge in [0.1, 0.15) is 18.0 Å². The Balaban J connectivity index is 2.06. The lowest BCUT2D eigenvalue weighted by Crippen LogP contribution is -2.37. The highest BCUT2D eigenvalue weighted by Crippen LogP contribution is 2.32. The van der Waals surface area contributed by atoms with Crippen molar-refractivity contribution in [1.29, 1.82) is 0 Å². The van der Waals surface area contributed by atoms with Crippen LogP contribution in [-0.2, 0) is 10.3 Å². The van der Waals surface area contributed by atoms with Gasteiger partial charge in [-0.25, -0.2) is 0 Å². The zero-order chi connectivity index (χ0) is 17.3. The van der Waals surface area contributed by atoms with Gasteiger partial charge in [-0.05, 0) is 47.9 Å². The van der Waals surface area contributed by atoms with Crippen LogP contribution in [0.4, 0.5) is 0 Å². The standard InChI is InChI=1S/C18H18ClN3O2/c1-18(10-24-9-16(20)22-18)14-4-2-3-11(6-14)12-5-13(17(21)23)8-15(19)7-12/h2-8H,9-10H2,1H3,(H2,20,22)(H2,21,23). The van der Waals surface area contributed by atoms with Gasteiger partial charge in [0, 0.05) is 10.6 Å². The minimum Gasteiger partial charge on any atom is -0.386 e. The third-order valence-corrected chi connectivity index (χ3v) is 4.24. The lowest BCUT2D eigenvalue weighted by molar-refractivity contribution is 0.100. The fraction of sp³-hybridized carbons (Fsp3) is 0.222. The van der Waals surface area contributed by atoms with Crippen LogP contribution >= 0.6 is 11.6 Å². The van der Waals surface area contributed by atoms with Gasteiger partial charge < -0.3 is 16.2 Å². The number of halogens is 1. The lowest BCUT2D eigenvalue weighted by atomic mass is 9.90. The number of primary amides is 1. The zero-order valence-electron chi connectivity index (χ0n) is 13.3. The smallest absolute Gasteiger partial charge is 0.248 e. The number of aliphatic imine (C=N–C) groups is 1. The van der Waals surface area contributed by atoms with Gasteiger partial charge in [-0.3, -0.25) is 9.79 Å². The van der Waals surface area contributed by atoms with E-state index in [1.54, 1.807) is 18.2 Å². The first-order chi connectivity index (χ1) is 11.4. The number of ether oxygens (including phenoxy) is 1. The molecule has 0 bridgehead atoms. The molecule has 0 aromatic heterocycles. The lowest BCUT2D eigenvalue weighted by Gasteiger charge is -2.30. The van der Waals surface area contributed by atoms with Crippen LogP contribution in [0.25, 0.3) is 11.1 Å². The van der Waals surface area contributed by atoms with E-state index < -0.39 is 11.4 Å². The second kappa shape index (κ2) is 6.26. The van der Waals surface area contributed by atoms with Crippen LogP contribution in [0.3, 0.4) is 0 Å². The number of hydrogen-bond donors (Lipinski definition) is 2. The normalized spacial score (nSPS) is 20.5. The van der Waals surface area contributed by atoms with E-state index in [1.165, 1.54) is 0 Å². The summed E-state index contributed by atoms with van der Waals surface area (Å²) in [6.07, 6.45) is 0. The molecule has 0 saturated heterocycles. The van der Waals surface area contributed by atoms with Crippen LogP contribution in [0.15, 0.2) is 47.5 Å². The summed E-state index contributed by atoms with van der Waals surface area (Å²) >= 11 is 6.11. The molecule has 2 aromatic carbocycles. The van der Waals surface area contributed by atoms with Crippen LogP contribution in [0, 0.1) is 0 Å². The molecule has 1 heterocycles. The molecule has 2 aromatic rings. The molecule has 24 heavy (non-hydrogen) atoms. The van der Waals surface area contributed by atoms with Gasteiger partial charge >= 0.3 is 0 Å². The summed E-state index contributed by atoms with van der Waals surface area (Å²) in [5.74, 6) is -0.0344. The van der Waals surface area contributed by atoms with E-state index in [0.717, 1.165) is 16.7 Å². The highest BCUT2D eigenvalue weighted by Gasteiger charge is 2.30. The number of nitrogens with two attached hydrogens (primary N) is 2. The molecule has 4 N–H and O–H groups in total. The summed E-state index contributed by atoms with van der Waals surface area (Å²) < 4.78 is 5.53. The number of hydrogen-bond acceptors (Lipinski definition) is 4. The molecule has 0 spiro atoms. The third-order valence-electron chi connectivity index (χ3n) is 4.02. The topological polar surface area (TPSA) is 90.7 Å². The number of nitrogens with zero attached hydrogens (tertiary/aromatic N) is 1. The summed E-state index contributed by atoms with van der Waals surface area (Å²) in [5.41, 5.74) is 13.7. The Hall–Kier alpha value is -2.37. The number of rotatable bonds is 3. The minimum atomic E-state index is -0.538. The highest BCUT2D eigenvalue weighted by atomic mass is 35.5. The Labute approximate surface area is 145 Å². The van der Waals surface area contributed by atoms with Crippen molar-refractivity contribution in [3.05, 3.63) is 58.6 Å². The quantitative estimate of drug-likeness (QED) is 0.897. The van der Waals surface area contributed by atoms with Crippen molar-refractivity contribution in [2.45, 2.75) is 12.5 Å². The number of amides is 1. The molecule has 1 amide bonds. The Morgan fingerprint density at radius 2 is 2.04 bits per heavy atom. The molecule has 5 nitrogen and oxygen atoms in total. The van der Waals surface area contributed by atoms with Crippen molar-refractivity contribution >= 4 is 23.3 Å². The molecule has 1 atom stereocenters. The highest BCUT2D eigenvalue weighted by molar-refractivity contribution is 6.31. The molecule has 0 fully saturated rings. The first-order valence-corrected chi connectivity index (χ1v) is 7.88. The SMILES string of the molecule is CC1(c2cccc(-c3cc(Cl)cc(C(N)=O)c3)c2)COCC(N)=N1. The Morgan fingerprint density at radius 1 is 1.25 bits per heavy atom. The molecular formula is C18H18ClN3O2. The summed E-state index contributed by atoms with van der Waals surface area (Å²) in [6, 6.07) is 12.9. The molecule has 0 saturated carbocycles. The van der Waals surface area contributed by atoms with E-state index in [2.05, 4.69) is 4.99 Å². The van der Waals surface area contributed by atoms with Crippen molar-refractivity contribution in [2.75, 3.05) is 13.2 Å². The van der Waals surface area contributed by atoms with Crippen molar-refractivity contribution in [2.24, 2.45) is 16.5 Å². The largest absolute Gasteiger partial charge is 0.386 e. The number of carbonyl (C=O) groups excluding carboxylic acids is 1. The molecule has 1 unspecified atom stereocenters. The van der Waals surface area contributed by atoms with Crippen molar-refractivity contribution in [3.63, 3.8) is 0 Å². The maximum Gasteiger partial charge on any atom is 0.248 e. The average molecular weight is 344 g/mol. The van der Waals surface area contributed by atoms with Crippen LogP contribution in [0.2, 0.25) is 5.02 Å². The molecule has 124 valence electrons. The zero-order valence-corrected chi connectivity index (χ0v) is 14.0. The molecule has 1 aliphatic heterocycles. The van der Waals surface area contributed by atoms with Gasteiger partial charge in [-0.15, -0.1) is 0 Å². The molecule has 1 aliphatic rings. The molecule has 3 rings (SSSR count). The Morgan fingerprint density at radius 3 is 2.75 bits per heavy atom.